The van der Waals surface area contributed by atoms with Crippen LogP contribution in [0.5, 0.6) is 0 Å². The van der Waals surface area contributed by atoms with Crippen molar-refractivity contribution in [1.82, 2.24) is 0 Å². The molecule has 0 aliphatic heterocycles. The second kappa shape index (κ2) is 2.70. The van der Waals surface area contributed by atoms with Crippen LogP contribution in [0.4, 0.5) is 0 Å². The molecule has 0 bridgehead atoms. The summed E-state index contributed by atoms with van der Waals surface area (Å²) in [6.07, 6.45) is 1.20. The third-order valence-corrected chi connectivity index (χ3v) is 2.58. The summed E-state index contributed by atoms with van der Waals surface area (Å²) >= 11 is 1.08. The van der Waals surface area contributed by atoms with Crippen LogP contribution in [0.15, 0.2) is 26.9 Å². The largest absolute Gasteiger partial charge is 0.478 e. The van der Waals surface area contributed by atoms with Crippen molar-refractivity contribution in [2.24, 2.45) is 0 Å². The summed E-state index contributed by atoms with van der Waals surface area (Å²) < 4.78 is 5.30. The number of thiophene rings is 1. The van der Waals surface area contributed by atoms with Gasteiger partial charge >= 0.3 is 5.97 Å². The van der Waals surface area contributed by atoms with E-state index >= 15 is 0 Å². The van der Waals surface area contributed by atoms with Crippen LogP contribution in [0.2, 0.25) is 0 Å². The summed E-state index contributed by atoms with van der Waals surface area (Å²) in [5, 5.41) is 10.1. The minimum absolute atomic E-state index is 0.0395. The van der Waals surface area contributed by atoms with Crippen molar-refractivity contribution in [1.29, 1.82) is 0 Å². The van der Waals surface area contributed by atoms with Crippen LogP contribution in [0, 0.1) is 0 Å². The van der Waals surface area contributed by atoms with Crippen molar-refractivity contribution in [2.75, 3.05) is 0 Å². The summed E-state index contributed by atoms with van der Waals surface area (Å²) in [6.45, 7) is 0. The molecule has 0 unspecified atom stereocenters. The zero-order chi connectivity index (χ0) is 9.42. The normalized spacial score (nSPS) is 10.5. The molecule has 0 spiro atoms. The predicted octanol–water partition coefficient (Wildman–Crippen LogP) is 1.55. The van der Waals surface area contributed by atoms with Gasteiger partial charge < -0.3 is 9.52 Å². The molecular formula is C8H4O4S. The van der Waals surface area contributed by atoms with Crippen LogP contribution in [0.1, 0.15) is 10.4 Å². The molecule has 0 aliphatic rings. The van der Waals surface area contributed by atoms with E-state index in [2.05, 4.69) is 0 Å². The predicted molar refractivity (Wildman–Crippen MR) is 47.3 cm³/mol. The van der Waals surface area contributed by atoms with E-state index < -0.39 is 5.97 Å². The molecule has 2 aromatic heterocycles. The lowest BCUT2D eigenvalue weighted by Crippen LogP contribution is -1.98. The summed E-state index contributed by atoms with van der Waals surface area (Å²) in [7, 11) is 0. The standard InChI is InChI=1S/C8H4O4S/c9-5-1-2-12-6-4(8(10)11)3-13-7(5)6/h1-3H,(H,10,11). The highest BCUT2D eigenvalue weighted by Crippen LogP contribution is 2.22. The van der Waals surface area contributed by atoms with Crippen molar-refractivity contribution in [3.8, 4) is 0 Å². The van der Waals surface area contributed by atoms with E-state index in [1.54, 1.807) is 0 Å². The molecule has 0 atom stereocenters. The third kappa shape index (κ3) is 1.13. The van der Waals surface area contributed by atoms with Gasteiger partial charge in [0.25, 0.3) is 0 Å². The SMILES string of the molecule is O=C(O)c1csc2c(=O)ccoc12. The molecule has 0 saturated heterocycles. The molecule has 4 nitrogen and oxygen atoms in total. The molecular weight excluding hydrogens is 192 g/mol. The zero-order valence-electron chi connectivity index (χ0n) is 6.31. The number of hydrogen-bond acceptors (Lipinski definition) is 4. The van der Waals surface area contributed by atoms with E-state index in [0.717, 1.165) is 11.3 Å². The second-order valence-corrected chi connectivity index (χ2v) is 3.28. The maximum Gasteiger partial charge on any atom is 0.340 e. The van der Waals surface area contributed by atoms with Gasteiger partial charge in [0, 0.05) is 11.4 Å². The number of carbonyl (C=O) groups is 1. The second-order valence-electron chi connectivity index (χ2n) is 2.40. The number of carboxylic acids is 1. The summed E-state index contributed by atoms with van der Waals surface area (Å²) in [6, 6.07) is 1.27. The third-order valence-electron chi connectivity index (χ3n) is 1.60. The molecule has 0 amide bonds. The number of fused-ring (bicyclic) bond motifs is 1. The Morgan fingerprint density at radius 3 is 3.00 bits per heavy atom. The van der Waals surface area contributed by atoms with Crippen molar-refractivity contribution in [3.05, 3.63) is 33.5 Å². The minimum Gasteiger partial charge on any atom is -0.478 e. The van der Waals surface area contributed by atoms with Gasteiger partial charge in [-0.3, -0.25) is 4.79 Å². The van der Waals surface area contributed by atoms with Gasteiger partial charge in [-0.25, -0.2) is 4.79 Å². The zero-order valence-corrected chi connectivity index (χ0v) is 7.13. The summed E-state index contributed by atoms with van der Waals surface area (Å²) in [4.78, 5) is 21.8. The fourth-order valence-electron chi connectivity index (χ4n) is 1.02. The van der Waals surface area contributed by atoms with Gasteiger partial charge in [0.05, 0.1) is 6.26 Å². The van der Waals surface area contributed by atoms with E-state index in [9.17, 15) is 9.59 Å². The van der Waals surface area contributed by atoms with Crippen LogP contribution in [0.3, 0.4) is 0 Å². The molecule has 0 fully saturated rings. The first-order chi connectivity index (χ1) is 6.20. The first kappa shape index (κ1) is 8.00. The molecule has 13 heavy (non-hydrogen) atoms. The quantitative estimate of drug-likeness (QED) is 0.751. The summed E-state index contributed by atoms with van der Waals surface area (Å²) in [5.41, 5.74) is -0.0125. The number of carboxylic acid groups (broad SMARTS) is 1. The maximum absolute atomic E-state index is 11.2. The van der Waals surface area contributed by atoms with E-state index in [0.29, 0.717) is 4.70 Å². The lowest BCUT2D eigenvalue weighted by Gasteiger charge is -1.89. The highest BCUT2D eigenvalue weighted by molar-refractivity contribution is 7.17. The van der Waals surface area contributed by atoms with Crippen molar-refractivity contribution in [2.45, 2.75) is 0 Å². The highest BCUT2D eigenvalue weighted by Gasteiger charge is 2.14. The molecule has 0 saturated carbocycles. The average molecular weight is 196 g/mol. The summed E-state index contributed by atoms with van der Waals surface area (Å²) in [5.74, 6) is -1.08. The molecule has 2 aromatic rings. The van der Waals surface area contributed by atoms with Gasteiger partial charge in [-0.2, -0.15) is 0 Å². The van der Waals surface area contributed by atoms with E-state index in [1.165, 1.54) is 17.7 Å². The Morgan fingerprint density at radius 1 is 1.54 bits per heavy atom. The average Bonchev–Trinajstić information content (AvgIpc) is 2.48. The van der Waals surface area contributed by atoms with E-state index in [-0.39, 0.29) is 16.6 Å². The lowest BCUT2D eigenvalue weighted by molar-refractivity contribution is 0.0698. The Morgan fingerprint density at radius 2 is 2.31 bits per heavy atom. The maximum atomic E-state index is 11.2. The Kier molecular flexibility index (Phi) is 1.66. The molecule has 2 heterocycles. The Labute approximate surface area is 76.0 Å². The Bertz CT molecular complexity index is 522. The van der Waals surface area contributed by atoms with Gasteiger partial charge in [-0.1, -0.05) is 0 Å². The van der Waals surface area contributed by atoms with Crippen molar-refractivity contribution < 1.29 is 14.3 Å². The van der Waals surface area contributed by atoms with Crippen LogP contribution in [-0.4, -0.2) is 11.1 Å². The van der Waals surface area contributed by atoms with Gasteiger partial charge in [0.1, 0.15) is 10.3 Å². The van der Waals surface area contributed by atoms with E-state index in [1.807, 2.05) is 0 Å². The number of aromatic carboxylic acids is 1. The Hall–Kier alpha value is -1.62. The monoisotopic (exact) mass is 196 g/mol. The first-order valence-corrected chi connectivity index (χ1v) is 4.30. The van der Waals surface area contributed by atoms with Gasteiger partial charge in [0.2, 0.25) is 5.43 Å². The van der Waals surface area contributed by atoms with E-state index in [4.69, 9.17) is 9.52 Å². The molecule has 1 N–H and O–H groups in total. The fourth-order valence-corrected chi connectivity index (χ4v) is 1.91. The minimum atomic E-state index is -1.08. The molecule has 0 radical (unpaired) electrons. The Balaban J connectivity index is 2.91. The first-order valence-electron chi connectivity index (χ1n) is 3.42. The van der Waals surface area contributed by atoms with Crippen LogP contribution >= 0.6 is 11.3 Å². The van der Waals surface area contributed by atoms with Crippen LogP contribution in [-0.2, 0) is 0 Å². The molecule has 2 rings (SSSR count). The number of rotatable bonds is 1. The molecule has 66 valence electrons. The van der Waals surface area contributed by atoms with Crippen LogP contribution < -0.4 is 5.43 Å². The lowest BCUT2D eigenvalue weighted by atomic mass is 10.3. The van der Waals surface area contributed by atoms with Crippen LogP contribution in [0.25, 0.3) is 10.3 Å². The van der Waals surface area contributed by atoms with Crippen molar-refractivity contribution in [3.63, 3.8) is 0 Å². The molecule has 0 aromatic carbocycles. The topological polar surface area (TPSA) is 67.5 Å². The smallest absolute Gasteiger partial charge is 0.340 e. The van der Waals surface area contributed by atoms with Gasteiger partial charge in [-0.05, 0) is 0 Å². The van der Waals surface area contributed by atoms with Crippen molar-refractivity contribution >= 4 is 27.6 Å². The molecule has 0 aliphatic carbocycles. The highest BCUT2D eigenvalue weighted by atomic mass is 32.1. The number of hydrogen-bond donors (Lipinski definition) is 1. The van der Waals surface area contributed by atoms with Gasteiger partial charge in [-0.15, -0.1) is 11.3 Å². The fraction of sp³-hybridized carbons (Fsp3) is 0. The molecule has 5 heteroatoms. The van der Waals surface area contributed by atoms with Gasteiger partial charge in [0.15, 0.2) is 5.58 Å².